The molecular weight excluding hydrogens is 232 g/mol. The second-order valence-corrected chi connectivity index (χ2v) is 5.95. The minimum Gasteiger partial charge on any atom is -0.385 e. The van der Waals surface area contributed by atoms with Crippen molar-refractivity contribution in [1.82, 2.24) is 0 Å². The van der Waals surface area contributed by atoms with Gasteiger partial charge in [0.05, 0.1) is 5.60 Å². The zero-order valence-electron chi connectivity index (χ0n) is 11.2. The number of rotatable bonds is 5. The summed E-state index contributed by atoms with van der Waals surface area (Å²) in [5.74, 6) is 0.801. The fourth-order valence-electron chi connectivity index (χ4n) is 2.01. The molecule has 0 radical (unpaired) electrons. The molecule has 0 bridgehead atoms. The Morgan fingerprint density at radius 3 is 2.06 bits per heavy atom. The highest BCUT2D eigenvalue weighted by atomic mass is 35.5. The van der Waals surface area contributed by atoms with E-state index in [-0.39, 0.29) is 5.92 Å². The molecule has 0 spiro atoms. The first kappa shape index (κ1) is 14.5. The van der Waals surface area contributed by atoms with E-state index in [0.29, 0.717) is 10.9 Å². The van der Waals surface area contributed by atoms with Crippen molar-refractivity contribution in [2.24, 2.45) is 11.8 Å². The van der Waals surface area contributed by atoms with Crippen molar-refractivity contribution in [2.45, 2.75) is 46.1 Å². The first-order chi connectivity index (χ1) is 7.86. The summed E-state index contributed by atoms with van der Waals surface area (Å²) in [6, 6.07) is 7.56. The van der Waals surface area contributed by atoms with Crippen molar-refractivity contribution in [3.8, 4) is 0 Å². The Morgan fingerprint density at radius 2 is 1.65 bits per heavy atom. The van der Waals surface area contributed by atoms with Crippen LogP contribution in [-0.2, 0) is 5.60 Å². The number of benzene rings is 1. The molecule has 0 saturated carbocycles. The molecule has 96 valence electrons. The van der Waals surface area contributed by atoms with Gasteiger partial charge in [0.2, 0.25) is 0 Å². The van der Waals surface area contributed by atoms with Crippen LogP contribution < -0.4 is 0 Å². The van der Waals surface area contributed by atoms with Crippen LogP contribution in [0.1, 0.15) is 46.1 Å². The lowest BCUT2D eigenvalue weighted by atomic mass is 9.78. The second-order valence-electron chi connectivity index (χ2n) is 5.52. The van der Waals surface area contributed by atoms with Crippen LogP contribution in [0.3, 0.4) is 0 Å². The fraction of sp³-hybridized carbons (Fsp3) is 0.600. The molecule has 1 aromatic carbocycles. The Labute approximate surface area is 110 Å². The second kappa shape index (κ2) is 5.88. The molecule has 1 atom stereocenters. The minimum absolute atomic E-state index is 0.197. The molecule has 0 fully saturated rings. The van der Waals surface area contributed by atoms with E-state index < -0.39 is 5.60 Å². The molecule has 17 heavy (non-hydrogen) atoms. The van der Waals surface area contributed by atoms with Gasteiger partial charge in [-0.2, -0.15) is 0 Å². The Balaban J connectivity index is 2.94. The Bertz CT molecular complexity index is 342. The summed E-state index contributed by atoms with van der Waals surface area (Å²) in [6.07, 6.45) is 1.82. The van der Waals surface area contributed by atoms with Crippen molar-refractivity contribution >= 4 is 11.6 Å². The van der Waals surface area contributed by atoms with Gasteiger partial charge < -0.3 is 5.11 Å². The molecule has 0 aliphatic heterocycles. The zero-order valence-corrected chi connectivity index (χ0v) is 12.0. The van der Waals surface area contributed by atoms with Crippen molar-refractivity contribution < 1.29 is 5.11 Å². The summed E-state index contributed by atoms with van der Waals surface area (Å²) in [5, 5.41) is 11.6. The van der Waals surface area contributed by atoms with Crippen LogP contribution >= 0.6 is 11.6 Å². The molecule has 0 aliphatic carbocycles. The lowest BCUT2D eigenvalue weighted by Crippen LogP contribution is -2.32. The fourth-order valence-corrected chi connectivity index (χ4v) is 2.14. The quantitative estimate of drug-likeness (QED) is 0.813. The highest BCUT2D eigenvalue weighted by molar-refractivity contribution is 6.30. The number of hydrogen-bond acceptors (Lipinski definition) is 1. The molecular formula is C15H23ClO. The molecule has 0 heterocycles. The molecule has 1 aromatic rings. The molecule has 1 rings (SSSR count). The van der Waals surface area contributed by atoms with Crippen LogP contribution in [0.2, 0.25) is 5.02 Å². The smallest absolute Gasteiger partial charge is 0.0919 e. The predicted molar refractivity (Wildman–Crippen MR) is 74.3 cm³/mol. The van der Waals surface area contributed by atoms with Crippen LogP contribution in [0, 0.1) is 11.8 Å². The Kier molecular flexibility index (Phi) is 5.03. The standard InChI is InChI=1S/C15H23ClO/c1-11(2)9-10-15(17,12(3)4)13-5-7-14(16)8-6-13/h5-8,11-12,17H,9-10H2,1-4H3. The summed E-state index contributed by atoms with van der Waals surface area (Å²) in [7, 11) is 0. The number of halogens is 1. The number of aliphatic hydroxyl groups is 1. The van der Waals surface area contributed by atoms with E-state index in [1.165, 1.54) is 0 Å². The van der Waals surface area contributed by atoms with E-state index in [4.69, 9.17) is 11.6 Å². The molecule has 1 N–H and O–H groups in total. The minimum atomic E-state index is -0.741. The monoisotopic (exact) mass is 254 g/mol. The maximum atomic E-state index is 10.9. The van der Waals surface area contributed by atoms with E-state index >= 15 is 0 Å². The van der Waals surface area contributed by atoms with Gasteiger partial charge >= 0.3 is 0 Å². The third kappa shape index (κ3) is 3.72. The van der Waals surface area contributed by atoms with Crippen LogP contribution in [-0.4, -0.2) is 5.11 Å². The van der Waals surface area contributed by atoms with Crippen LogP contribution in [0.15, 0.2) is 24.3 Å². The Hall–Kier alpha value is -0.530. The average Bonchev–Trinajstić information content (AvgIpc) is 2.26. The predicted octanol–water partition coefficient (Wildman–Crippen LogP) is 4.62. The molecule has 0 amide bonds. The molecule has 0 aliphatic rings. The number of hydrogen-bond donors (Lipinski definition) is 1. The SMILES string of the molecule is CC(C)CCC(O)(c1ccc(Cl)cc1)C(C)C. The van der Waals surface area contributed by atoms with E-state index in [9.17, 15) is 5.11 Å². The van der Waals surface area contributed by atoms with Gasteiger partial charge in [0.1, 0.15) is 0 Å². The third-order valence-corrected chi connectivity index (χ3v) is 3.65. The summed E-state index contributed by atoms with van der Waals surface area (Å²) in [4.78, 5) is 0. The largest absolute Gasteiger partial charge is 0.385 e. The first-order valence-corrected chi connectivity index (χ1v) is 6.72. The Morgan fingerprint density at radius 1 is 1.12 bits per heavy atom. The highest BCUT2D eigenvalue weighted by Gasteiger charge is 2.32. The van der Waals surface area contributed by atoms with Crippen molar-refractivity contribution in [2.75, 3.05) is 0 Å². The van der Waals surface area contributed by atoms with Gasteiger partial charge in [0.25, 0.3) is 0 Å². The van der Waals surface area contributed by atoms with Gasteiger partial charge in [-0.1, -0.05) is 51.4 Å². The normalized spacial score (nSPS) is 15.3. The van der Waals surface area contributed by atoms with Gasteiger partial charge in [-0.05, 0) is 42.4 Å². The summed E-state index contributed by atoms with van der Waals surface area (Å²) in [5.41, 5.74) is 0.229. The first-order valence-electron chi connectivity index (χ1n) is 6.34. The van der Waals surface area contributed by atoms with Crippen LogP contribution in [0.25, 0.3) is 0 Å². The van der Waals surface area contributed by atoms with E-state index in [2.05, 4.69) is 27.7 Å². The van der Waals surface area contributed by atoms with Crippen LogP contribution in [0.4, 0.5) is 0 Å². The van der Waals surface area contributed by atoms with Gasteiger partial charge in [0.15, 0.2) is 0 Å². The topological polar surface area (TPSA) is 20.2 Å². The molecule has 1 unspecified atom stereocenters. The maximum Gasteiger partial charge on any atom is 0.0919 e. The lowest BCUT2D eigenvalue weighted by molar-refractivity contribution is -0.0228. The van der Waals surface area contributed by atoms with Gasteiger partial charge in [-0.3, -0.25) is 0 Å². The summed E-state index contributed by atoms with van der Waals surface area (Å²) >= 11 is 5.89. The summed E-state index contributed by atoms with van der Waals surface area (Å²) in [6.45, 7) is 8.50. The lowest BCUT2D eigenvalue weighted by Gasteiger charge is -2.33. The molecule has 0 saturated heterocycles. The summed E-state index contributed by atoms with van der Waals surface area (Å²) < 4.78 is 0. The highest BCUT2D eigenvalue weighted by Crippen LogP contribution is 2.35. The maximum absolute atomic E-state index is 10.9. The molecule has 0 aromatic heterocycles. The van der Waals surface area contributed by atoms with E-state index in [1.54, 1.807) is 0 Å². The molecule has 2 heteroatoms. The van der Waals surface area contributed by atoms with E-state index in [1.807, 2.05) is 24.3 Å². The average molecular weight is 255 g/mol. The van der Waals surface area contributed by atoms with Gasteiger partial charge in [-0.15, -0.1) is 0 Å². The van der Waals surface area contributed by atoms with Crippen LogP contribution in [0.5, 0.6) is 0 Å². The third-order valence-electron chi connectivity index (χ3n) is 3.40. The van der Waals surface area contributed by atoms with Crippen molar-refractivity contribution in [3.63, 3.8) is 0 Å². The van der Waals surface area contributed by atoms with Crippen molar-refractivity contribution in [1.29, 1.82) is 0 Å². The van der Waals surface area contributed by atoms with E-state index in [0.717, 1.165) is 18.4 Å². The van der Waals surface area contributed by atoms with Gasteiger partial charge in [-0.25, -0.2) is 0 Å². The van der Waals surface area contributed by atoms with Crippen molar-refractivity contribution in [3.05, 3.63) is 34.9 Å². The molecule has 1 nitrogen and oxygen atoms in total. The van der Waals surface area contributed by atoms with Gasteiger partial charge in [0, 0.05) is 5.02 Å². The zero-order chi connectivity index (χ0) is 13.1.